The molecule has 0 bridgehead atoms. The van der Waals surface area contributed by atoms with Gasteiger partial charge in [-0.05, 0) is 92.7 Å². The van der Waals surface area contributed by atoms with Crippen LogP contribution >= 0.6 is 0 Å². The van der Waals surface area contributed by atoms with E-state index in [1.807, 2.05) is 12.1 Å². The van der Waals surface area contributed by atoms with Gasteiger partial charge in [0.05, 0.1) is 11.4 Å². The van der Waals surface area contributed by atoms with Crippen molar-refractivity contribution in [3.8, 4) is 78.4 Å². The van der Waals surface area contributed by atoms with Crippen LogP contribution < -0.4 is 0 Å². The van der Waals surface area contributed by atoms with Crippen LogP contribution in [0.2, 0.25) is 0 Å². The first-order valence-electron chi connectivity index (χ1n) is 19.3. The molecule has 258 valence electrons. The molecular formula is C52H40N2. The molecule has 2 heteroatoms. The van der Waals surface area contributed by atoms with E-state index in [4.69, 9.17) is 9.97 Å². The molecule has 8 aromatic rings. The fourth-order valence-electron chi connectivity index (χ4n) is 9.09. The lowest BCUT2D eigenvalue weighted by molar-refractivity contribution is 0.353. The maximum Gasteiger partial charge on any atom is 0.160 e. The van der Waals surface area contributed by atoms with Crippen molar-refractivity contribution in [2.45, 2.75) is 37.5 Å². The largest absolute Gasteiger partial charge is 0.228 e. The summed E-state index contributed by atoms with van der Waals surface area (Å²) in [6.45, 7) is 0. The fourth-order valence-corrected chi connectivity index (χ4v) is 9.09. The highest BCUT2D eigenvalue weighted by Gasteiger charge is 2.43. The molecule has 1 heterocycles. The van der Waals surface area contributed by atoms with Gasteiger partial charge in [0.15, 0.2) is 5.82 Å². The molecule has 1 saturated carbocycles. The summed E-state index contributed by atoms with van der Waals surface area (Å²) in [6, 6.07) is 65.8. The highest BCUT2D eigenvalue weighted by atomic mass is 14.9. The standard InChI is InChI=1S/C52H40N2/c1-5-16-36(17-6-1)45-33-39(40-27-29-48-46(34-40)44-24-11-12-25-47(44)52(48)30-13-4-14-31-52)26-28-43(45)41-22-15-23-42(32-41)51-53-49(37-18-7-2-8-19-37)35-50(54-51)38-20-9-3-10-21-38/h1-3,5-12,15-29,32-35H,4,13-14,30-31H2. The van der Waals surface area contributed by atoms with Crippen molar-refractivity contribution in [1.82, 2.24) is 9.97 Å². The Hall–Kier alpha value is -6.38. The third kappa shape index (κ3) is 5.67. The van der Waals surface area contributed by atoms with E-state index in [9.17, 15) is 0 Å². The molecule has 0 aliphatic heterocycles. The molecule has 0 amide bonds. The second kappa shape index (κ2) is 13.5. The zero-order chi connectivity index (χ0) is 35.9. The Balaban J connectivity index is 1.08. The lowest BCUT2D eigenvalue weighted by Crippen LogP contribution is -2.27. The number of benzene rings is 7. The van der Waals surface area contributed by atoms with Crippen LogP contribution in [0.4, 0.5) is 0 Å². The number of fused-ring (bicyclic) bond motifs is 5. The smallest absolute Gasteiger partial charge is 0.160 e. The Morgan fingerprint density at radius 3 is 1.54 bits per heavy atom. The van der Waals surface area contributed by atoms with Crippen molar-refractivity contribution in [2.24, 2.45) is 0 Å². The SMILES string of the molecule is c1ccc(-c2cc(-c3ccccc3)nc(-c3cccc(-c4ccc(-c5ccc6c(c5)-c5ccccc5C65CCCCC5)cc4-c4ccccc4)c3)n2)cc1. The van der Waals surface area contributed by atoms with Crippen LogP contribution in [0.3, 0.4) is 0 Å². The number of rotatable bonds is 6. The molecule has 0 unspecified atom stereocenters. The third-order valence-electron chi connectivity index (χ3n) is 11.7. The van der Waals surface area contributed by atoms with Crippen molar-refractivity contribution >= 4 is 0 Å². The second-order valence-corrected chi connectivity index (χ2v) is 14.8. The first kappa shape index (κ1) is 32.3. The summed E-state index contributed by atoms with van der Waals surface area (Å²) >= 11 is 0. The maximum atomic E-state index is 5.13. The van der Waals surface area contributed by atoms with Crippen molar-refractivity contribution < 1.29 is 0 Å². The van der Waals surface area contributed by atoms with Crippen LogP contribution in [0.15, 0.2) is 182 Å². The van der Waals surface area contributed by atoms with Gasteiger partial charge in [0.25, 0.3) is 0 Å². The minimum Gasteiger partial charge on any atom is -0.228 e. The van der Waals surface area contributed by atoms with E-state index in [1.165, 1.54) is 82.2 Å². The van der Waals surface area contributed by atoms with Gasteiger partial charge in [-0.2, -0.15) is 0 Å². The molecular weight excluding hydrogens is 653 g/mol. The van der Waals surface area contributed by atoms with Gasteiger partial charge in [0, 0.05) is 22.1 Å². The van der Waals surface area contributed by atoms with Gasteiger partial charge in [-0.1, -0.05) is 177 Å². The predicted molar refractivity (Wildman–Crippen MR) is 224 cm³/mol. The van der Waals surface area contributed by atoms with Crippen LogP contribution in [-0.2, 0) is 5.41 Å². The van der Waals surface area contributed by atoms with Gasteiger partial charge in [-0.15, -0.1) is 0 Å². The molecule has 0 radical (unpaired) electrons. The summed E-state index contributed by atoms with van der Waals surface area (Å²) in [5, 5.41) is 0. The fraction of sp³-hybridized carbons (Fsp3) is 0.115. The average molecular weight is 693 g/mol. The molecule has 0 atom stereocenters. The Bertz CT molecular complexity index is 2560. The van der Waals surface area contributed by atoms with Crippen molar-refractivity contribution in [2.75, 3.05) is 0 Å². The highest BCUT2D eigenvalue weighted by Crippen LogP contribution is 2.56. The van der Waals surface area contributed by atoms with Crippen LogP contribution in [0.25, 0.3) is 78.4 Å². The van der Waals surface area contributed by atoms with Crippen molar-refractivity contribution in [1.29, 1.82) is 0 Å². The minimum atomic E-state index is 0.166. The molecule has 1 aromatic heterocycles. The summed E-state index contributed by atoms with van der Waals surface area (Å²) < 4.78 is 0. The Labute approximate surface area is 317 Å². The minimum absolute atomic E-state index is 0.166. The maximum absolute atomic E-state index is 5.13. The van der Waals surface area contributed by atoms with Gasteiger partial charge in [-0.25, -0.2) is 9.97 Å². The van der Waals surface area contributed by atoms with E-state index < -0.39 is 0 Å². The summed E-state index contributed by atoms with van der Waals surface area (Å²) in [7, 11) is 0. The molecule has 1 spiro atoms. The van der Waals surface area contributed by atoms with Gasteiger partial charge >= 0.3 is 0 Å². The normalized spacial score (nSPS) is 14.1. The number of hydrogen-bond acceptors (Lipinski definition) is 2. The number of nitrogens with zero attached hydrogens (tertiary/aromatic N) is 2. The van der Waals surface area contributed by atoms with Gasteiger partial charge in [0.2, 0.25) is 0 Å². The lowest BCUT2D eigenvalue weighted by Gasteiger charge is -2.36. The monoisotopic (exact) mass is 692 g/mol. The predicted octanol–water partition coefficient (Wildman–Crippen LogP) is 13.7. The van der Waals surface area contributed by atoms with Crippen molar-refractivity contribution in [3.63, 3.8) is 0 Å². The van der Waals surface area contributed by atoms with Gasteiger partial charge in [0.1, 0.15) is 0 Å². The second-order valence-electron chi connectivity index (χ2n) is 14.8. The molecule has 0 N–H and O–H groups in total. The Kier molecular flexibility index (Phi) is 8.10. The molecule has 10 rings (SSSR count). The van der Waals surface area contributed by atoms with Crippen molar-refractivity contribution in [3.05, 3.63) is 193 Å². The number of aromatic nitrogens is 2. The lowest BCUT2D eigenvalue weighted by atomic mass is 9.68. The molecule has 2 aliphatic carbocycles. The van der Waals surface area contributed by atoms with Crippen LogP contribution in [0.1, 0.15) is 43.2 Å². The Morgan fingerprint density at radius 1 is 0.315 bits per heavy atom. The highest BCUT2D eigenvalue weighted by molar-refractivity contribution is 5.90. The quantitative estimate of drug-likeness (QED) is 0.173. The first-order chi connectivity index (χ1) is 26.7. The zero-order valence-electron chi connectivity index (χ0n) is 30.3. The van der Waals surface area contributed by atoms with Crippen LogP contribution in [-0.4, -0.2) is 9.97 Å². The van der Waals surface area contributed by atoms with Crippen LogP contribution in [0, 0.1) is 0 Å². The van der Waals surface area contributed by atoms with E-state index in [0.29, 0.717) is 5.82 Å². The summed E-state index contributed by atoms with van der Waals surface area (Å²) in [5.41, 5.74) is 18.2. The first-order valence-corrected chi connectivity index (χ1v) is 19.3. The molecule has 54 heavy (non-hydrogen) atoms. The molecule has 0 saturated heterocycles. The summed E-state index contributed by atoms with van der Waals surface area (Å²) in [5.74, 6) is 0.712. The van der Waals surface area contributed by atoms with E-state index in [0.717, 1.165) is 33.6 Å². The molecule has 7 aromatic carbocycles. The van der Waals surface area contributed by atoms with E-state index in [-0.39, 0.29) is 5.41 Å². The topological polar surface area (TPSA) is 25.8 Å². The van der Waals surface area contributed by atoms with E-state index in [2.05, 4.69) is 170 Å². The Morgan fingerprint density at radius 2 is 0.852 bits per heavy atom. The summed E-state index contributed by atoms with van der Waals surface area (Å²) in [4.78, 5) is 10.3. The van der Waals surface area contributed by atoms with E-state index in [1.54, 1.807) is 0 Å². The summed E-state index contributed by atoms with van der Waals surface area (Å²) in [6.07, 6.45) is 6.44. The van der Waals surface area contributed by atoms with Gasteiger partial charge in [-0.3, -0.25) is 0 Å². The van der Waals surface area contributed by atoms with Crippen LogP contribution in [0.5, 0.6) is 0 Å². The molecule has 2 nitrogen and oxygen atoms in total. The third-order valence-corrected chi connectivity index (χ3v) is 11.7. The number of hydrogen-bond donors (Lipinski definition) is 0. The van der Waals surface area contributed by atoms with E-state index >= 15 is 0 Å². The van der Waals surface area contributed by atoms with Gasteiger partial charge < -0.3 is 0 Å². The zero-order valence-corrected chi connectivity index (χ0v) is 30.3. The molecule has 1 fully saturated rings. The molecule has 2 aliphatic rings. The average Bonchev–Trinajstić information content (AvgIpc) is 3.52.